The highest BCUT2D eigenvalue weighted by Crippen LogP contribution is 2.31. The maximum absolute atomic E-state index is 9.03. The Morgan fingerprint density at radius 2 is 1.80 bits per heavy atom. The molecule has 1 nitrogen and oxygen atoms in total. The zero-order valence-corrected chi connectivity index (χ0v) is 7.14. The zero-order valence-electron chi connectivity index (χ0n) is 6.39. The summed E-state index contributed by atoms with van der Waals surface area (Å²) in [5.41, 5.74) is -0.604. The molecule has 1 N–H and O–H groups in total. The van der Waals surface area contributed by atoms with Crippen molar-refractivity contribution in [1.29, 1.82) is 0 Å². The highest BCUT2D eigenvalue weighted by atomic mass is 35.5. The van der Waals surface area contributed by atoms with E-state index < -0.39 is 5.56 Å². The van der Waals surface area contributed by atoms with Gasteiger partial charge in [-0.3, -0.25) is 0 Å². The molecule has 0 aromatic rings. The van der Waals surface area contributed by atoms with Gasteiger partial charge in [0, 0.05) is 0 Å². The Labute approximate surface area is 67.4 Å². The van der Waals surface area contributed by atoms with E-state index >= 15 is 0 Å². The molecular formula is C8H15ClO. The molecular weight excluding hydrogens is 148 g/mol. The Balaban J connectivity index is 2.26. The summed E-state index contributed by atoms with van der Waals surface area (Å²) in [4.78, 5) is 0. The van der Waals surface area contributed by atoms with Gasteiger partial charge in [0.05, 0.1) is 0 Å². The Bertz CT molecular complexity index is 95.4. The highest BCUT2D eigenvalue weighted by Gasteiger charge is 2.22. The van der Waals surface area contributed by atoms with Crippen LogP contribution in [0, 0.1) is 11.8 Å². The fourth-order valence-corrected chi connectivity index (χ4v) is 1.81. The molecule has 0 bridgehead atoms. The van der Waals surface area contributed by atoms with Gasteiger partial charge in [0.25, 0.3) is 0 Å². The van der Waals surface area contributed by atoms with Crippen LogP contribution in [0.15, 0.2) is 0 Å². The summed E-state index contributed by atoms with van der Waals surface area (Å²) in [6.07, 6.45) is 4.67. The van der Waals surface area contributed by atoms with Crippen molar-refractivity contribution in [2.75, 3.05) is 0 Å². The Morgan fingerprint density at radius 1 is 1.30 bits per heavy atom. The average Bonchev–Trinajstić information content (AvgIpc) is 1.88. The van der Waals surface area contributed by atoms with Crippen LogP contribution < -0.4 is 0 Å². The fraction of sp³-hybridized carbons (Fsp3) is 1.00. The lowest BCUT2D eigenvalue weighted by molar-refractivity contribution is 0.139. The quantitative estimate of drug-likeness (QED) is 0.587. The van der Waals surface area contributed by atoms with Gasteiger partial charge in [-0.25, -0.2) is 0 Å². The van der Waals surface area contributed by atoms with Gasteiger partial charge in [-0.2, -0.15) is 0 Å². The Hall–Kier alpha value is 0.250. The molecule has 1 fully saturated rings. The van der Waals surface area contributed by atoms with Crippen LogP contribution in [0.5, 0.6) is 0 Å². The molecule has 0 saturated heterocycles. The van der Waals surface area contributed by atoms with E-state index in [-0.39, 0.29) is 0 Å². The molecule has 0 heterocycles. The average molecular weight is 163 g/mol. The maximum atomic E-state index is 9.03. The molecule has 0 aromatic heterocycles. The normalized spacial score (nSPS) is 37.5. The molecule has 10 heavy (non-hydrogen) atoms. The molecule has 60 valence electrons. The zero-order chi connectivity index (χ0) is 7.56. The van der Waals surface area contributed by atoms with Crippen LogP contribution in [0.4, 0.5) is 0 Å². The van der Waals surface area contributed by atoms with Gasteiger partial charge in [0.15, 0.2) is 0 Å². The van der Waals surface area contributed by atoms with Gasteiger partial charge in [0.1, 0.15) is 5.56 Å². The largest absolute Gasteiger partial charge is 0.377 e. The van der Waals surface area contributed by atoms with E-state index in [1.807, 2.05) is 0 Å². The molecule has 0 radical (unpaired) electrons. The lowest BCUT2D eigenvalue weighted by Gasteiger charge is -2.26. The van der Waals surface area contributed by atoms with Crippen molar-refractivity contribution < 1.29 is 5.11 Å². The molecule has 1 rings (SSSR count). The maximum Gasteiger partial charge on any atom is 0.130 e. The monoisotopic (exact) mass is 162 g/mol. The smallest absolute Gasteiger partial charge is 0.130 e. The summed E-state index contributed by atoms with van der Waals surface area (Å²) in [7, 11) is 0. The van der Waals surface area contributed by atoms with Crippen LogP contribution in [-0.2, 0) is 0 Å². The molecule has 0 aliphatic heterocycles. The summed E-state index contributed by atoms with van der Waals surface area (Å²) in [6.45, 7) is 2.26. The summed E-state index contributed by atoms with van der Waals surface area (Å²) in [5.74, 6) is 1.20. The fourth-order valence-electron chi connectivity index (χ4n) is 1.56. The molecule has 0 spiro atoms. The van der Waals surface area contributed by atoms with Crippen molar-refractivity contribution in [3.05, 3.63) is 0 Å². The number of halogens is 1. The van der Waals surface area contributed by atoms with Gasteiger partial charge in [-0.15, -0.1) is 0 Å². The van der Waals surface area contributed by atoms with Crippen molar-refractivity contribution in [3.8, 4) is 0 Å². The second-order valence-electron chi connectivity index (χ2n) is 3.39. The van der Waals surface area contributed by atoms with Crippen molar-refractivity contribution in [3.63, 3.8) is 0 Å². The predicted octanol–water partition coefficient (Wildman–Crippen LogP) is 2.37. The Morgan fingerprint density at radius 3 is 2.20 bits per heavy atom. The third-order valence-electron chi connectivity index (χ3n) is 2.45. The number of aliphatic hydroxyl groups is 1. The first-order chi connectivity index (χ1) is 4.70. The third kappa shape index (κ3) is 2.14. The van der Waals surface area contributed by atoms with Crippen LogP contribution in [0.1, 0.15) is 32.6 Å². The predicted molar refractivity (Wildman–Crippen MR) is 43.0 cm³/mol. The van der Waals surface area contributed by atoms with Gasteiger partial charge in [-0.1, -0.05) is 31.4 Å². The minimum atomic E-state index is -0.604. The summed E-state index contributed by atoms with van der Waals surface area (Å²) in [6, 6.07) is 0. The topological polar surface area (TPSA) is 20.2 Å². The van der Waals surface area contributed by atoms with E-state index in [1.165, 1.54) is 12.8 Å². The lowest BCUT2D eigenvalue weighted by atomic mass is 9.83. The van der Waals surface area contributed by atoms with Crippen LogP contribution in [-0.4, -0.2) is 10.7 Å². The number of hydrogen-bond donors (Lipinski definition) is 1. The molecule has 2 heteroatoms. The van der Waals surface area contributed by atoms with Crippen molar-refractivity contribution in [1.82, 2.24) is 0 Å². The SMILES string of the molecule is CC1CCC(C(O)Cl)CC1. The van der Waals surface area contributed by atoms with Crippen LogP contribution in [0.25, 0.3) is 0 Å². The molecule has 1 aliphatic rings. The van der Waals surface area contributed by atoms with E-state index in [2.05, 4.69) is 6.92 Å². The van der Waals surface area contributed by atoms with E-state index in [1.54, 1.807) is 0 Å². The van der Waals surface area contributed by atoms with Gasteiger partial charge >= 0.3 is 0 Å². The van der Waals surface area contributed by atoms with Gasteiger partial charge in [0.2, 0.25) is 0 Å². The second-order valence-corrected chi connectivity index (χ2v) is 3.84. The van der Waals surface area contributed by atoms with Crippen LogP contribution >= 0.6 is 11.6 Å². The molecule has 1 saturated carbocycles. The number of hydrogen-bond acceptors (Lipinski definition) is 1. The van der Waals surface area contributed by atoms with E-state index in [0.29, 0.717) is 5.92 Å². The minimum Gasteiger partial charge on any atom is -0.377 e. The highest BCUT2D eigenvalue weighted by molar-refractivity contribution is 6.19. The van der Waals surface area contributed by atoms with E-state index in [4.69, 9.17) is 16.7 Å². The second kappa shape index (κ2) is 3.59. The first-order valence-corrected chi connectivity index (χ1v) is 4.46. The van der Waals surface area contributed by atoms with Crippen LogP contribution in [0.3, 0.4) is 0 Å². The Kier molecular flexibility index (Phi) is 2.99. The number of alkyl halides is 1. The van der Waals surface area contributed by atoms with E-state index in [9.17, 15) is 0 Å². The number of aliphatic hydroxyl groups excluding tert-OH is 1. The lowest BCUT2D eigenvalue weighted by Crippen LogP contribution is -2.20. The molecule has 0 amide bonds. The van der Waals surface area contributed by atoms with Crippen LogP contribution in [0.2, 0.25) is 0 Å². The molecule has 0 aromatic carbocycles. The van der Waals surface area contributed by atoms with Crippen molar-refractivity contribution in [2.45, 2.75) is 38.2 Å². The summed E-state index contributed by atoms with van der Waals surface area (Å²) >= 11 is 5.56. The standard InChI is InChI=1S/C8H15ClO/c1-6-2-4-7(5-3-6)8(9)10/h6-8,10H,2-5H2,1H3. The third-order valence-corrected chi connectivity index (χ3v) is 2.81. The van der Waals surface area contributed by atoms with Gasteiger partial charge in [-0.05, 0) is 24.7 Å². The first-order valence-electron chi connectivity index (χ1n) is 4.02. The van der Waals surface area contributed by atoms with E-state index in [0.717, 1.165) is 18.8 Å². The van der Waals surface area contributed by atoms with Crippen molar-refractivity contribution >= 4 is 11.6 Å². The molecule has 1 atom stereocenters. The first kappa shape index (κ1) is 8.35. The molecule has 1 aliphatic carbocycles. The van der Waals surface area contributed by atoms with Gasteiger partial charge < -0.3 is 5.11 Å². The van der Waals surface area contributed by atoms with Crippen molar-refractivity contribution in [2.24, 2.45) is 11.8 Å². The molecule has 1 unspecified atom stereocenters. The minimum absolute atomic E-state index is 0.359. The summed E-state index contributed by atoms with van der Waals surface area (Å²) < 4.78 is 0. The number of rotatable bonds is 1. The summed E-state index contributed by atoms with van der Waals surface area (Å²) in [5, 5.41) is 9.03.